The third-order valence-electron chi connectivity index (χ3n) is 4.52. The van der Waals surface area contributed by atoms with Crippen LogP contribution in [0, 0.1) is 0 Å². The fourth-order valence-electron chi connectivity index (χ4n) is 3.16. The molecule has 1 atom stereocenters. The van der Waals surface area contributed by atoms with Crippen LogP contribution in [0.5, 0.6) is 0 Å². The van der Waals surface area contributed by atoms with Crippen molar-refractivity contribution in [3.8, 4) is 0 Å². The van der Waals surface area contributed by atoms with Crippen LogP contribution >= 0.6 is 15.9 Å². The number of aliphatic imine (C=N–C) groups is 1. The Labute approximate surface area is 174 Å². The summed E-state index contributed by atoms with van der Waals surface area (Å²) in [5, 5.41) is 0. The first-order chi connectivity index (χ1) is 13.5. The lowest BCUT2D eigenvalue weighted by Gasteiger charge is -2.24. The summed E-state index contributed by atoms with van der Waals surface area (Å²) in [5.74, 6) is -0.364. The van der Waals surface area contributed by atoms with Gasteiger partial charge in [-0.3, -0.25) is 4.99 Å². The standard InChI is InChI=1S/C24H22BrNO2/c1-24(23(27)28-2,17-18-10-9-15-21(25)16-18)26-22(19-11-5-3-6-12-19)20-13-7-4-8-14-20/h3-16H,17H2,1-2H3/t24-/m0/s1. The van der Waals surface area contributed by atoms with Gasteiger partial charge in [0.2, 0.25) is 0 Å². The molecule has 0 saturated heterocycles. The van der Waals surface area contributed by atoms with Crippen LogP contribution in [0.3, 0.4) is 0 Å². The number of rotatable bonds is 6. The summed E-state index contributed by atoms with van der Waals surface area (Å²) in [6.45, 7) is 1.83. The Morgan fingerprint density at radius 1 is 0.929 bits per heavy atom. The maximum absolute atomic E-state index is 12.8. The van der Waals surface area contributed by atoms with Crippen molar-refractivity contribution >= 4 is 27.6 Å². The summed E-state index contributed by atoms with van der Waals surface area (Å²) >= 11 is 3.50. The molecule has 0 aliphatic rings. The van der Waals surface area contributed by atoms with Gasteiger partial charge in [0.1, 0.15) is 0 Å². The van der Waals surface area contributed by atoms with Gasteiger partial charge in [-0.15, -0.1) is 0 Å². The third-order valence-corrected chi connectivity index (χ3v) is 5.01. The Bertz CT molecular complexity index is 929. The van der Waals surface area contributed by atoms with Gasteiger partial charge in [0.25, 0.3) is 0 Å². The van der Waals surface area contributed by atoms with Gasteiger partial charge >= 0.3 is 5.97 Å². The highest BCUT2D eigenvalue weighted by atomic mass is 79.9. The fraction of sp³-hybridized carbons (Fsp3) is 0.167. The van der Waals surface area contributed by atoms with Gasteiger partial charge in [0, 0.05) is 22.0 Å². The van der Waals surface area contributed by atoms with Crippen LogP contribution in [0.25, 0.3) is 0 Å². The van der Waals surface area contributed by atoms with Crippen molar-refractivity contribution in [2.24, 2.45) is 4.99 Å². The van der Waals surface area contributed by atoms with Crippen molar-refractivity contribution in [1.82, 2.24) is 0 Å². The average molecular weight is 436 g/mol. The highest BCUT2D eigenvalue weighted by Gasteiger charge is 2.35. The molecule has 0 radical (unpaired) electrons. The Balaban J connectivity index is 2.13. The van der Waals surface area contributed by atoms with Crippen molar-refractivity contribution in [1.29, 1.82) is 0 Å². The lowest BCUT2D eigenvalue weighted by molar-refractivity contribution is -0.146. The maximum Gasteiger partial charge on any atom is 0.333 e. The molecule has 4 heteroatoms. The number of hydrogen-bond acceptors (Lipinski definition) is 3. The lowest BCUT2D eigenvalue weighted by atomic mass is 9.92. The first-order valence-corrected chi connectivity index (χ1v) is 9.85. The molecule has 3 aromatic rings. The van der Waals surface area contributed by atoms with Crippen molar-refractivity contribution in [3.63, 3.8) is 0 Å². The zero-order valence-electron chi connectivity index (χ0n) is 15.9. The summed E-state index contributed by atoms with van der Waals surface area (Å²) < 4.78 is 6.10. The molecule has 0 heterocycles. The van der Waals surface area contributed by atoms with Crippen LogP contribution in [0.4, 0.5) is 0 Å². The van der Waals surface area contributed by atoms with E-state index in [4.69, 9.17) is 9.73 Å². The molecule has 0 saturated carbocycles. The summed E-state index contributed by atoms with van der Waals surface area (Å²) in [5.41, 5.74) is 2.63. The van der Waals surface area contributed by atoms with Crippen LogP contribution < -0.4 is 0 Å². The SMILES string of the molecule is COC(=O)[C@](C)(Cc1cccc(Br)c1)N=C(c1ccccc1)c1ccccc1. The molecule has 0 aliphatic heterocycles. The van der Waals surface area contributed by atoms with E-state index in [-0.39, 0.29) is 5.97 Å². The number of carbonyl (C=O) groups excluding carboxylic acids is 1. The van der Waals surface area contributed by atoms with Gasteiger partial charge in [-0.1, -0.05) is 88.7 Å². The summed E-state index contributed by atoms with van der Waals surface area (Å²) in [6.07, 6.45) is 0.433. The van der Waals surface area contributed by atoms with Crippen LogP contribution in [0.1, 0.15) is 23.6 Å². The maximum atomic E-state index is 12.8. The van der Waals surface area contributed by atoms with Crippen LogP contribution in [0.15, 0.2) is 94.4 Å². The van der Waals surface area contributed by atoms with E-state index in [2.05, 4.69) is 15.9 Å². The lowest BCUT2D eigenvalue weighted by Crippen LogP contribution is -2.38. The largest absolute Gasteiger partial charge is 0.467 e. The minimum absolute atomic E-state index is 0.364. The molecule has 28 heavy (non-hydrogen) atoms. The predicted octanol–water partition coefficient (Wildman–Crippen LogP) is 5.46. The van der Waals surface area contributed by atoms with Crippen molar-refractivity contribution in [3.05, 3.63) is 106 Å². The Hall–Kier alpha value is -2.72. The van der Waals surface area contributed by atoms with Gasteiger partial charge in [-0.25, -0.2) is 4.79 Å². The summed E-state index contributed by atoms with van der Waals surface area (Å²) in [4.78, 5) is 17.8. The number of methoxy groups -OCH3 is 1. The second-order valence-corrected chi connectivity index (χ2v) is 7.68. The fourth-order valence-corrected chi connectivity index (χ4v) is 3.60. The van der Waals surface area contributed by atoms with E-state index in [9.17, 15) is 4.79 Å². The molecule has 0 N–H and O–H groups in total. The third kappa shape index (κ3) is 4.76. The van der Waals surface area contributed by atoms with Crippen LogP contribution in [0.2, 0.25) is 0 Å². The molecular formula is C24H22BrNO2. The van der Waals surface area contributed by atoms with Gasteiger partial charge in [-0.2, -0.15) is 0 Å². The van der Waals surface area contributed by atoms with E-state index in [1.807, 2.05) is 91.9 Å². The minimum atomic E-state index is -1.06. The molecule has 0 aromatic heterocycles. The van der Waals surface area contributed by atoms with E-state index in [1.165, 1.54) is 7.11 Å². The Morgan fingerprint density at radius 3 is 2.00 bits per heavy atom. The molecule has 0 aliphatic carbocycles. The van der Waals surface area contributed by atoms with E-state index in [1.54, 1.807) is 0 Å². The highest BCUT2D eigenvalue weighted by molar-refractivity contribution is 9.10. The molecule has 0 fully saturated rings. The van der Waals surface area contributed by atoms with E-state index < -0.39 is 5.54 Å². The normalized spacial score (nSPS) is 12.7. The molecule has 142 valence electrons. The molecule has 3 rings (SSSR count). The minimum Gasteiger partial charge on any atom is -0.467 e. The molecule has 0 spiro atoms. The monoisotopic (exact) mass is 435 g/mol. The average Bonchev–Trinajstić information content (AvgIpc) is 2.72. The highest BCUT2D eigenvalue weighted by Crippen LogP contribution is 2.25. The van der Waals surface area contributed by atoms with E-state index in [0.29, 0.717) is 6.42 Å². The number of ether oxygens (including phenoxy) is 1. The van der Waals surface area contributed by atoms with E-state index in [0.717, 1.165) is 26.9 Å². The number of esters is 1. The van der Waals surface area contributed by atoms with Crippen molar-refractivity contribution in [2.45, 2.75) is 18.9 Å². The number of benzene rings is 3. The topological polar surface area (TPSA) is 38.7 Å². The first kappa shape index (κ1) is 20.0. The zero-order valence-corrected chi connectivity index (χ0v) is 17.5. The van der Waals surface area contributed by atoms with Crippen molar-refractivity contribution < 1.29 is 9.53 Å². The second-order valence-electron chi connectivity index (χ2n) is 6.76. The Morgan fingerprint density at radius 2 is 1.50 bits per heavy atom. The predicted molar refractivity (Wildman–Crippen MR) is 117 cm³/mol. The summed E-state index contributed by atoms with van der Waals surface area (Å²) in [6, 6.07) is 27.7. The second kappa shape index (κ2) is 8.98. The smallest absolute Gasteiger partial charge is 0.333 e. The number of hydrogen-bond donors (Lipinski definition) is 0. The molecular weight excluding hydrogens is 414 g/mol. The van der Waals surface area contributed by atoms with Crippen LogP contribution in [-0.2, 0) is 16.0 Å². The number of nitrogens with zero attached hydrogens (tertiary/aromatic N) is 1. The quantitative estimate of drug-likeness (QED) is 0.380. The van der Waals surface area contributed by atoms with Gasteiger partial charge < -0.3 is 4.74 Å². The Kier molecular flexibility index (Phi) is 6.42. The van der Waals surface area contributed by atoms with Crippen LogP contribution in [-0.4, -0.2) is 24.3 Å². The number of carbonyl (C=O) groups is 1. The molecule has 0 bridgehead atoms. The van der Waals surface area contributed by atoms with Gasteiger partial charge in [0.05, 0.1) is 12.8 Å². The summed E-state index contributed by atoms with van der Waals surface area (Å²) in [7, 11) is 1.40. The van der Waals surface area contributed by atoms with E-state index >= 15 is 0 Å². The number of halogens is 1. The van der Waals surface area contributed by atoms with Crippen molar-refractivity contribution in [2.75, 3.05) is 7.11 Å². The first-order valence-electron chi connectivity index (χ1n) is 9.05. The molecule has 0 unspecified atom stereocenters. The molecule has 0 amide bonds. The zero-order chi connectivity index (χ0) is 20.0. The molecule has 3 aromatic carbocycles. The molecule has 3 nitrogen and oxygen atoms in total. The van der Waals surface area contributed by atoms with Gasteiger partial charge in [-0.05, 0) is 24.6 Å². The van der Waals surface area contributed by atoms with Gasteiger partial charge in [0.15, 0.2) is 5.54 Å².